The number of rotatable bonds is 2. The third-order valence-corrected chi connectivity index (χ3v) is 2.49. The minimum Gasteiger partial charge on any atom is -0.492 e. The summed E-state index contributed by atoms with van der Waals surface area (Å²) in [7, 11) is 1.16. The Morgan fingerprint density at radius 3 is 2.12 bits per heavy atom. The van der Waals surface area contributed by atoms with Crippen LogP contribution in [0, 0.1) is 0 Å². The van der Waals surface area contributed by atoms with Crippen molar-refractivity contribution in [3.8, 4) is 0 Å². The minimum atomic E-state index is -1.46. The van der Waals surface area contributed by atoms with Gasteiger partial charge in [0.25, 0.3) is 0 Å². The first kappa shape index (κ1) is 11.1. The molecule has 0 aliphatic heterocycles. The monoisotopic (exact) mass is 232 g/mol. The summed E-state index contributed by atoms with van der Waals surface area (Å²) in [6.07, 6.45) is 0. The van der Waals surface area contributed by atoms with Gasteiger partial charge in [-0.15, -0.1) is 0 Å². The Hall–Kier alpha value is -2.43. The van der Waals surface area contributed by atoms with Gasteiger partial charge in [0.15, 0.2) is 11.3 Å². The molecule has 1 aliphatic rings. The van der Waals surface area contributed by atoms with E-state index in [-0.39, 0.29) is 11.1 Å². The van der Waals surface area contributed by atoms with Gasteiger partial charge in [-0.1, -0.05) is 24.3 Å². The van der Waals surface area contributed by atoms with Crippen molar-refractivity contribution in [2.24, 2.45) is 0 Å². The van der Waals surface area contributed by atoms with Crippen LogP contribution in [0.25, 0.3) is 0 Å². The van der Waals surface area contributed by atoms with Gasteiger partial charge >= 0.3 is 5.97 Å². The van der Waals surface area contributed by atoms with Crippen LogP contribution in [0.4, 0.5) is 0 Å². The van der Waals surface area contributed by atoms with Gasteiger partial charge in [-0.05, 0) is 0 Å². The molecule has 2 rings (SSSR count). The molecule has 1 aromatic carbocycles. The van der Waals surface area contributed by atoms with Gasteiger partial charge in [-0.25, -0.2) is 4.79 Å². The van der Waals surface area contributed by atoms with Gasteiger partial charge in [0.2, 0.25) is 11.6 Å². The number of carboxylic acid groups (broad SMARTS) is 1. The number of carbonyl (C=O) groups excluding carboxylic acids is 2. The summed E-state index contributed by atoms with van der Waals surface area (Å²) in [5.41, 5.74) is -0.355. The third kappa shape index (κ3) is 1.52. The van der Waals surface area contributed by atoms with Crippen LogP contribution in [-0.2, 0) is 9.53 Å². The molecule has 0 atom stereocenters. The largest absolute Gasteiger partial charge is 0.492 e. The molecule has 0 fully saturated rings. The Bertz CT molecular complexity index is 568. The van der Waals surface area contributed by atoms with Crippen molar-refractivity contribution in [3.63, 3.8) is 0 Å². The Labute approximate surface area is 96.3 Å². The first-order chi connectivity index (χ1) is 8.07. The van der Waals surface area contributed by atoms with Gasteiger partial charge in [-0.3, -0.25) is 9.59 Å². The molecule has 1 aromatic rings. The molecule has 0 saturated carbocycles. The molecule has 5 nitrogen and oxygen atoms in total. The van der Waals surface area contributed by atoms with Gasteiger partial charge in [0.05, 0.1) is 7.11 Å². The maximum Gasteiger partial charge on any atom is 0.343 e. The van der Waals surface area contributed by atoms with Gasteiger partial charge in [0, 0.05) is 11.1 Å². The number of hydrogen-bond donors (Lipinski definition) is 1. The SMILES string of the molecule is COC1=C(C(=O)O)C(=O)c2ccccc2C1=O. The summed E-state index contributed by atoms with van der Waals surface area (Å²) < 4.78 is 4.73. The number of aliphatic carboxylic acids is 1. The molecule has 0 radical (unpaired) electrons. The molecular weight excluding hydrogens is 224 g/mol. The topological polar surface area (TPSA) is 80.7 Å². The predicted molar refractivity (Wildman–Crippen MR) is 56.8 cm³/mol. The lowest BCUT2D eigenvalue weighted by Crippen LogP contribution is -2.27. The lowest BCUT2D eigenvalue weighted by molar-refractivity contribution is -0.132. The number of methoxy groups -OCH3 is 1. The van der Waals surface area contributed by atoms with Crippen LogP contribution in [0.15, 0.2) is 35.6 Å². The molecule has 1 N–H and O–H groups in total. The van der Waals surface area contributed by atoms with Gasteiger partial charge in [0.1, 0.15) is 0 Å². The van der Waals surface area contributed by atoms with Gasteiger partial charge < -0.3 is 9.84 Å². The third-order valence-electron chi connectivity index (χ3n) is 2.49. The van der Waals surface area contributed by atoms with E-state index in [2.05, 4.69) is 0 Å². The van der Waals surface area contributed by atoms with E-state index < -0.39 is 28.9 Å². The van der Waals surface area contributed by atoms with E-state index in [0.29, 0.717) is 0 Å². The van der Waals surface area contributed by atoms with Crippen LogP contribution in [0.2, 0.25) is 0 Å². The number of carbonyl (C=O) groups is 3. The second-order valence-corrected chi connectivity index (χ2v) is 3.42. The van der Waals surface area contributed by atoms with Crippen LogP contribution in [0.3, 0.4) is 0 Å². The van der Waals surface area contributed by atoms with E-state index >= 15 is 0 Å². The number of benzene rings is 1. The second kappa shape index (κ2) is 3.86. The van der Waals surface area contributed by atoms with E-state index in [1.807, 2.05) is 0 Å². The van der Waals surface area contributed by atoms with Crippen LogP contribution < -0.4 is 0 Å². The molecule has 0 amide bonds. The van der Waals surface area contributed by atoms with Crippen molar-refractivity contribution in [2.45, 2.75) is 0 Å². The summed E-state index contributed by atoms with van der Waals surface area (Å²) in [5, 5.41) is 8.94. The molecule has 0 spiro atoms. The summed E-state index contributed by atoms with van der Waals surface area (Å²) >= 11 is 0. The Morgan fingerprint density at radius 1 is 1.12 bits per heavy atom. The standard InChI is InChI=1S/C12H8O5/c1-17-11-8(12(15)16)9(13)6-4-2-3-5-7(6)10(11)14/h2-5H,1H3,(H,15,16). The lowest BCUT2D eigenvalue weighted by Gasteiger charge is -2.17. The van der Waals surface area contributed by atoms with Crippen molar-refractivity contribution in [2.75, 3.05) is 7.11 Å². The molecule has 1 aliphatic carbocycles. The molecule has 0 bridgehead atoms. The van der Waals surface area contributed by atoms with Crippen molar-refractivity contribution >= 4 is 17.5 Å². The molecule has 0 heterocycles. The van der Waals surface area contributed by atoms with Crippen molar-refractivity contribution < 1.29 is 24.2 Å². The summed E-state index contributed by atoms with van der Waals surface area (Å²) in [6.45, 7) is 0. The fourth-order valence-electron chi connectivity index (χ4n) is 1.74. The first-order valence-corrected chi connectivity index (χ1v) is 4.78. The maximum absolute atomic E-state index is 11.9. The molecule has 0 aromatic heterocycles. The van der Waals surface area contributed by atoms with Crippen molar-refractivity contribution in [1.29, 1.82) is 0 Å². The number of carboxylic acids is 1. The van der Waals surface area contributed by atoms with E-state index in [1.165, 1.54) is 12.1 Å². The number of ketones is 2. The van der Waals surface area contributed by atoms with E-state index in [4.69, 9.17) is 9.84 Å². The van der Waals surface area contributed by atoms with Crippen LogP contribution >= 0.6 is 0 Å². The van der Waals surface area contributed by atoms with Crippen molar-refractivity contribution in [3.05, 3.63) is 46.7 Å². The van der Waals surface area contributed by atoms with Crippen LogP contribution in [0.5, 0.6) is 0 Å². The van der Waals surface area contributed by atoms with Gasteiger partial charge in [-0.2, -0.15) is 0 Å². The number of ether oxygens (including phenoxy) is 1. The highest BCUT2D eigenvalue weighted by Crippen LogP contribution is 2.26. The zero-order chi connectivity index (χ0) is 12.6. The van der Waals surface area contributed by atoms with Crippen LogP contribution in [-0.4, -0.2) is 29.8 Å². The second-order valence-electron chi connectivity index (χ2n) is 3.42. The average molecular weight is 232 g/mol. The number of Topliss-reactive ketones (excluding diaryl/α,β-unsaturated/α-hetero) is 2. The van der Waals surface area contributed by atoms with E-state index in [9.17, 15) is 14.4 Å². The minimum absolute atomic E-state index is 0.0932. The lowest BCUT2D eigenvalue weighted by atomic mass is 9.88. The first-order valence-electron chi connectivity index (χ1n) is 4.78. The zero-order valence-electron chi connectivity index (χ0n) is 8.89. The van der Waals surface area contributed by atoms with Crippen LogP contribution in [0.1, 0.15) is 20.7 Å². The normalized spacial score (nSPS) is 14.6. The quantitative estimate of drug-likeness (QED) is 0.771. The average Bonchev–Trinajstić information content (AvgIpc) is 2.33. The van der Waals surface area contributed by atoms with E-state index in [1.54, 1.807) is 12.1 Å². The highest BCUT2D eigenvalue weighted by atomic mass is 16.5. The number of fused-ring (bicyclic) bond motifs is 1. The highest BCUT2D eigenvalue weighted by Gasteiger charge is 2.36. The molecule has 17 heavy (non-hydrogen) atoms. The Balaban J connectivity index is 2.73. The Kier molecular flexibility index (Phi) is 2.51. The maximum atomic E-state index is 11.9. The predicted octanol–water partition coefficient (Wildman–Crippen LogP) is 1.05. The number of allylic oxidation sites excluding steroid dienone is 1. The number of hydrogen-bond acceptors (Lipinski definition) is 4. The fourth-order valence-corrected chi connectivity index (χ4v) is 1.74. The smallest absolute Gasteiger partial charge is 0.343 e. The molecule has 0 saturated heterocycles. The highest BCUT2D eigenvalue weighted by molar-refractivity contribution is 6.34. The molecule has 5 heteroatoms. The summed E-state index contributed by atoms with van der Waals surface area (Å²) in [6, 6.07) is 6.06. The van der Waals surface area contributed by atoms with Crippen molar-refractivity contribution in [1.82, 2.24) is 0 Å². The summed E-state index contributed by atoms with van der Waals surface area (Å²) in [4.78, 5) is 34.8. The zero-order valence-corrected chi connectivity index (χ0v) is 8.89. The molecule has 0 unspecified atom stereocenters. The molecular formula is C12H8O5. The summed E-state index contributed by atoms with van der Waals surface area (Å²) in [5.74, 6) is -3.17. The van der Waals surface area contributed by atoms with E-state index in [0.717, 1.165) is 7.11 Å². The fraction of sp³-hybridized carbons (Fsp3) is 0.0833. The molecule has 86 valence electrons. The Morgan fingerprint density at radius 2 is 1.65 bits per heavy atom.